The molecule has 5 rings (SSSR count). The van der Waals surface area contributed by atoms with Gasteiger partial charge < -0.3 is 9.47 Å². The van der Waals surface area contributed by atoms with Gasteiger partial charge >= 0.3 is 6.18 Å². The highest BCUT2D eigenvalue weighted by Crippen LogP contribution is 2.37. The summed E-state index contributed by atoms with van der Waals surface area (Å²) in [7, 11) is 0. The number of fused-ring (bicyclic) bond motifs is 4. The smallest absolute Gasteiger partial charge is 0.338 e. The summed E-state index contributed by atoms with van der Waals surface area (Å²) in [5, 5.41) is 0. The number of benzene rings is 2. The second-order valence-corrected chi connectivity index (χ2v) is 8.54. The Kier molecular flexibility index (Phi) is 4.92. The number of rotatable bonds is 2. The number of carbonyl (C=O) groups excluding carboxylic acids is 1. The molecule has 1 fully saturated rings. The van der Waals surface area contributed by atoms with Gasteiger partial charge in [0.15, 0.2) is 0 Å². The molecule has 0 saturated carbocycles. The van der Waals surface area contributed by atoms with E-state index in [2.05, 4.69) is 0 Å². The number of alkyl halides is 3. The van der Waals surface area contributed by atoms with Crippen molar-refractivity contribution in [3.05, 3.63) is 93.9 Å². The van der Waals surface area contributed by atoms with Crippen molar-refractivity contribution in [2.75, 3.05) is 13.1 Å². The molecule has 1 saturated heterocycles. The number of likely N-dealkylation sites (tertiary alicyclic amines) is 1. The maximum absolute atomic E-state index is 13.2. The van der Waals surface area contributed by atoms with Crippen LogP contribution < -0.4 is 5.56 Å². The van der Waals surface area contributed by atoms with E-state index in [1.165, 1.54) is 12.1 Å². The van der Waals surface area contributed by atoms with Gasteiger partial charge in [-0.2, -0.15) is 13.2 Å². The van der Waals surface area contributed by atoms with Gasteiger partial charge in [0.25, 0.3) is 11.5 Å². The van der Waals surface area contributed by atoms with Crippen LogP contribution in [0.25, 0.3) is 11.1 Å². The number of nitrogens with zero attached hydrogens (tertiary/aromatic N) is 2. The van der Waals surface area contributed by atoms with Gasteiger partial charge in [-0.25, -0.2) is 0 Å². The minimum absolute atomic E-state index is 0.0170. The quantitative estimate of drug-likeness (QED) is 0.577. The van der Waals surface area contributed by atoms with Crippen molar-refractivity contribution in [2.24, 2.45) is 5.92 Å². The van der Waals surface area contributed by atoms with Crippen LogP contribution in [-0.2, 0) is 12.7 Å². The van der Waals surface area contributed by atoms with Crippen LogP contribution >= 0.6 is 0 Å². The van der Waals surface area contributed by atoms with E-state index >= 15 is 0 Å². The second kappa shape index (κ2) is 7.65. The summed E-state index contributed by atoms with van der Waals surface area (Å²) in [4.78, 5) is 28.0. The molecule has 0 unspecified atom stereocenters. The Bertz CT molecular complexity index is 1230. The number of halogens is 3. The van der Waals surface area contributed by atoms with Crippen molar-refractivity contribution in [3.8, 4) is 11.1 Å². The summed E-state index contributed by atoms with van der Waals surface area (Å²) in [5.41, 5.74) is 0.953. The molecule has 3 aromatic rings. The van der Waals surface area contributed by atoms with E-state index in [0.717, 1.165) is 24.2 Å². The van der Waals surface area contributed by atoms with Crippen LogP contribution in [0.15, 0.2) is 71.5 Å². The Balaban J connectivity index is 1.47. The lowest BCUT2D eigenvalue weighted by Gasteiger charge is -2.43. The van der Waals surface area contributed by atoms with Crippen LogP contribution in [-0.4, -0.2) is 28.5 Å². The Morgan fingerprint density at radius 3 is 2.44 bits per heavy atom. The first kappa shape index (κ1) is 20.5. The maximum atomic E-state index is 13.2. The van der Waals surface area contributed by atoms with Crippen molar-refractivity contribution in [1.29, 1.82) is 0 Å². The van der Waals surface area contributed by atoms with E-state index in [1.54, 1.807) is 22.8 Å². The normalized spacial score (nSPS) is 20.0. The second-order valence-electron chi connectivity index (χ2n) is 8.54. The first-order valence-electron chi connectivity index (χ1n) is 10.6. The number of carbonyl (C=O) groups is 1. The molecule has 32 heavy (non-hydrogen) atoms. The van der Waals surface area contributed by atoms with Crippen molar-refractivity contribution >= 4 is 5.91 Å². The molecular formula is C25H21F3N2O2. The number of aromatic nitrogens is 1. The molecule has 7 heteroatoms. The van der Waals surface area contributed by atoms with Gasteiger partial charge in [0, 0.05) is 42.4 Å². The number of amides is 1. The van der Waals surface area contributed by atoms with Crippen LogP contribution in [0.1, 0.15) is 34.0 Å². The summed E-state index contributed by atoms with van der Waals surface area (Å²) in [6.07, 6.45) is -3.58. The topological polar surface area (TPSA) is 42.3 Å². The fraction of sp³-hybridized carbons (Fsp3) is 0.280. The third-order valence-electron chi connectivity index (χ3n) is 6.41. The SMILES string of the molecule is O=C(c1ccccc1)N1C[C@@H]2C[C@H](C1)c1ccc(-c3cccc(C(F)(F)F)c3)c(=O)n1C2. The van der Waals surface area contributed by atoms with Gasteiger partial charge in [0.05, 0.1) is 5.56 Å². The summed E-state index contributed by atoms with van der Waals surface area (Å²) >= 11 is 0. The first-order valence-corrected chi connectivity index (χ1v) is 10.6. The summed E-state index contributed by atoms with van der Waals surface area (Å²) < 4.78 is 41.1. The fourth-order valence-corrected chi connectivity index (χ4v) is 4.96. The number of hydrogen-bond acceptors (Lipinski definition) is 2. The van der Waals surface area contributed by atoms with E-state index < -0.39 is 11.7 Å². The maximum Gasteiger partial charge on any atom is 0.416 e. The molecule has 0 radical (unpaired) electrons. The van der Waals surface area contributed by atoms with Crippen LogP contribution in [0.3, 0.4) is 0 Å². The standard InChI is InChI=1S/C25H21F3N2O2/c26-25(27,28)20-8-4-7-18(12-20)21-9-10-22-19-11-16(14-30(22)24(21)32)13-29(15-19)23(31)17-5-2-1-3-6-17/h1-10,12,16,19H,11,13-15H2/t16-,19+/m0/s1. The fourth-order valence-electron chi connectivity index (χ4n) is 4.96. The first-order chi connectivity index (χ1) is 15.3. The monoisotopic (exact) mass is 438 g/mol. The molecular weight excluding hydrogens is 417 g/mol. The lowest BCUT2D eigenvalue weighted by Crippen LogP contribution is -2.49. The van der Waals surface area contributed by atoms with E-state index in [4.69, 9.17) is 0 Å². The molecule has 3 heterocycles. The molecule has 2 atom stereocenters. The molecule has 2 aliphatic rings. The summed E-state index contributed by atoms with van der Waals surface area (Å²) in [6, 6.07) is 17.5. The molecule has 2 bridgehead atoms. The molecule has 4 nitrogen and oxygen atoms in total. The van der Waals surface area contributed by atoms with Gasteiger partial charge in [-0.3, -0.25) is 9.59 Å². The van der Waals surface area contributed by atoms with Crippen molar-refractivity contribution in [2.45, 2.75) is 25.1 Å². The van der Waals surface area contributed by atoms with Crippen LogP contribution in [0.4, 0.5) is 13.2 Å². The van der Waals surface area contributed by atoms with Gasteiger partial charge in [-0.15, -0.1) is 0 Å². The lowest BCUT2D eigenvalue weighted by atomic mass is 9.82. The number of hydrogen-bond donors (Lipinski definition) is 0. The van der Waals surface area contributed by atoms with Crippen molar-refractivity contribution in [3.63, 3.8) is 0 Å². The predicted molar refractivity (Wildman–Crippen MR) is 114 cm³/mol. The Labute approximate surface area is 182 Å². The predicted octanol–water partition coefficient (Wildman–Crippen LogP) is 4.79. The summed E-state index contributed by atoms with van der Waals surface area (Å²) in [6.45, 7) is 1.53. The van der Waals surface area contributed by atoms with Crippen molar-refractivity contribution in [1.82, 2.24) is 9.47 Å². The lowest BCUT2D eigenvalue weighted by molar-refractivity contribution is -0.137. The molecule has 0 N–H and O–H groups in total. The zero-order chi connectivity index (χ0) is 22.5. The molecule has 164 valence electrons. The van der Waals surface area contributed by atoms with Gasteiger partial charge in [-0.1, -0.05) is 30.3 Å². The van der Waals surface area contributed by atoms with Gasteiger partial charge in [-0.05, 0) is 54.3 Å². The molecule has 1 aromatic heterocycles. The highest BCUT2D eigenvalue weighted by molar-refractivity contribution is 5.94. The summed E-state index contributed by atoms with van der Waals surface area (Å²) in [5.74, 6) is 0.137. The molecule has 0 spiro atoms. The third kappa shape index (κ3) is 3.61. The Morgan fingerprint density at radius 1 is 0.906 bits per heavy atom. The van der Waals surface area contributed by atoms with Crippen LogP contribution in [0.2, 0.25) is 0 Å². The minimum Gasteiger partial charge on any atom is -0.338 e. The zero-order valence-corrected chi connectivity index (χ0v) is 17.2. The van der Waals surface area contributed by atoms with Crippen LogP contribution in [0.5, 0.6) is 0 Å². The van der Waals surface area contributed by atoms with Crippen LogP contribution in [0, 0.1) is 5.92 Å². The zero-order valence-electron chi connectivity index (χ0n) is 17.2. The van der Waals surface area contributed by atoms with E-state index in [1.807, 2.05) is 29.2 Å². The largest absolute Gasteiger partial charge is 0.416 e. The number of piperidine rings is 1. The average Bonchev–Trinajstić information content (AvgIpc) is 2.79. The molecule has 2 aromatic carbocycles. The molecule has 1 amide bonds. The highest BCUT2D eigenvalue weighted by Gasteiger charge is 2.37. The van der Waals surface area contributed by atoms with E-state index in [0.29, 0.717) is 25.2 Å². The van der Waals surface area contributed by atoms with E-state index in [9.17, 15) is 22.8 Å². The third-order valence-corrected chi connectivity index (χ3v) is 6.41. The minimum atomic E-state index is -4.47. The Morgan fingerprint density at radius 2 is 1.69 bits per heavy atom. The highest BCUT2D eigenvalue weighted by atomic mass is 19.4. The molecule has 2 aliphatic heterocycles. The Hall–Kier alpha value is -3.35. The van der Waals surface area contributed by atoms with E-state index in [-0.39, 0.29) is 34.4 Å². The number of pyridine rings is 1. The average molecular weight is 438 g/mol. The molecule has 0 aliphatic carbocycles. The van der Waals surface area contributed by atoms with Gasteiger partial charge in [0.2, 0.25) is 0 Å². The van der Waals surface area contributed by atoms with Gasteiger partial charge in [0.1, 0.15) is 0 Å². The van der Waals surface area contributed by atoms with Crippen molar-refractivity contribution < 1.29 is 18.0 Å².